The molecule has 2 unspecified atom stereocenters. The molecule has 0 saturated carbocycles. The average molecular weight is 379 g/mol. The van der Waals surface area contributed by atoms with Gasteiger partial charge < -0.3 is 24.1 Å². The molecule has 1 aliphatic rings. The largest absolute Gasteiger partial charge is 0.497 e. The molecule has 2 atom stereocenters. The van der Waals surface area contributed by atoms with Gasteiger partial charge in [0.25, 0.3) is 0 Å². The maximum Gasteiger partial charge on any atom is 0.163 e. The van der Waals surface area contributed by atoms with Gasteiger partial charge in [0.05, 0.1) is 12.8 Å². The van der Waals surface area contributed by atoms with Gasteiger partial charge in [0.15, 0.2) is 6.10 Å². The lowest BCUT2D eigenvalue weighted by atomic mass is 10.0. The predicted molar refractivity (Wildman–Crippen MR) is 103 cm³/mol. The van der Waals surface area contributed by atoms with Gasteiger partial charge in [-0.3, -0.25) is 4.98 Å². The fourth-order valence-electron chi connectivity index (χ4n) is 3.03. The number of hydrogen-bond acceptors (Lipinski definition) is 6. The highest BCUT2D eigenvalue weighted by Crippen LogP contribution is 2.37. The lowest BCUT2D eigenvalue weighted by molar-refractivity contribution is -0.0105. The minimum atomic E-state index is -0.839. The number of rotatable bonds is 6. The van der Waals surface area contributed by atoms with Crippen molar-refractivity contribution >= 4 is 0 Å². The van der Waals surface area contributed by atoms with Gasteiger partial charge in [0.1, 0.15) is 42.3 Å². The van der Waals surface area contributed by atoms with Crippen molar-refractivity contribution in [2.24, 2.45) is 0 Å². The maximum atomic E-state index is 10.8. The highest BCUT2D eigenvalue weighted by molar-refractivity contribution is 5.44. The molecule has 1 aromatic heterocycles. The van der Waals surface area contributed by atoms with Crippen LogP contribution < -0.4 is 18.9 Å². The quantitative estimate of drug-likeness (QED) is 0.706. The van der Waals surface area contributed by atoms with Crippen molar-refractivity contribution in [1.82, 2.24) is 4.98 Å². The fourth-order valence-corrected chi connectivity index (χ4v) is 3.03. The average Bonchev–Trinajstić information content (AvgIpc) is 2.75. The molecule has 2 heterocycles. The van der Waals surface area contributed by atoms with Crippen molar-refractivity contribution in [3.8, 4) is 23.0 Å². The topological polar surface area (TPSA) is 70.0 Å². The summed E-state index contributed by atoms with van der Waals surface area (Å²) in [7, 11) is 1.60. The van der Waals surface area contributed by atoms with Crippen LogP contribution in [0.4, 0.5) is 0 Å². The summed E-state index contributed by atoms with van der Waals surface area (Å²) in [6, 6.07) is 18.3. The monoisotopic (exact) mass is 379 g/mol. The van der Waals surface area contributed by atoms with Crippen molar-refractivity contribution < 1.29 is 24.1 Å². The van der Waals surface area contributed by atoms with E-state index in [0.29, 0.717) is 35.2 Å². The van der Waals surface area contributed by atoms with Gasteiger partial charge in [-0.05, 0) is 42.5 Å². The van der Waals surface area contributed by atoms with Crippen LogP contribution >= 0.6 is 0 Å². The third-order valence-electron chi connectivity index (χ3n) is 4.50. The number of aromatic nitrogens is 1. The SMILES string of the molecule is COc1cccc(OC2COc3ccc(OCc4ccccn4)cc3C2O)c1. The molecule has 0 amide bonds. The minimum Gasteiger partial charge on any atom is -0.497 e. The van der Waals surface area contributed by atoms with Crippen molar-refractivity contribution in [1.29, 1.82) is 0 Å². The molecule has 28 heavy (non-hydrogen) atoms. The summed E-state index contributed by atoms with van der Waals surface area (Å²) in [6.07, 6.45) is 0.350. The summed E-state index contributed by atoms with van der Waals surface area (Å²) in [5, 5.41) is 10.8. The van der Waals surface area contributed by atoms with E-state index in [1.165, 1.54) is 0 Å². The number of fused-ring (bicyclic) bond motifs is 1. The summed E-state index contributed by atoms with van der Waals surface area (Å²) in [5.74, 6) is 2.56. The summed E-state index contributed by atoms with van der Waals surface area (Å²) in [4.78, 5) is 4.24. The van der Waals surface area contributed by atoms with Crippen LogP contribution in [0, 0.1) is 0 Å². The van der Waals surface area contributed by atoms with E-state index >= 15 is 0 Å². The molecule has 0 fully saturated rings. The van der Waals surface area contributed by atoms with Gasteiger partial charge in [0, 0.05) is 17.8 Å². The number of hydrogen-bond donors (Lipinski definition) is 1. The first-order valence-electron chi connectivity index (χ1n) is 9.01. The second-order valence-electron chi connectivity index (χ2n) is 6.40. The van der Waals surface area contributed by atoms with Crippen molar-refractivity contribution in [3.63, 3.8) is 0 Å². The summed E-state index contributed by atoms with van der Waals surface area (Å²) >= 11 is 0. The number of aliphatic hydroxyl groups excluding tert-OH is 1. The first-order valence-corrected chi connectivity index (χ1v) is 9.01. The zero-order valence-electron chi connectivity index (χ0n) is 15.4. The fraction of sp³-hybridized carbons (Fsp3) is 0.227. The highest BCUT2D eigenvalue weighted by atomic mass is 16.5. The van der Waals surface area contributed by atoms with Gasteiger partial charge in [-0.15, -0.1) is 0 Å². The van der Waals surface area contributed by atoms with E-state index in [9.17, 15) is 5.11 Å². The molecule has 0 aliphatic carbocycles. The Morgan fingerprint density at radius 2 is 1.93 bits per heavy atom. The van der Waals surface area contributed by atoms with Crippen LogP contribution in [0.2, 0.25) is 0 Å². The highest BCUT2D eigenvalue weighted by Gasteiger charge is 2.31. The van der Waals surface area contributed by atoms with E-state index in [4.69, 9.17) is 18.9 Å². The third-order valence-corrected chi connectivity index (χ3v) is 4.50. The lowest BCUT2D eigenvalue weighted by Gasteiger charge is -2.31. The summed E-state index contributed by atoms with van der Waals surface area (Å²) in [6.45, 7) is 0.597. The van der Waals surface area contributed by atoms with Crippen LogP contribution in [0.5, 0.6) is 23.0 Å². The number of nitrogens with zero attached hydrogens (tertiary/aromatic N) is 1. The van der Waals surface area contributed by atoms with Gasteiger partial charge >= 0.3 is 0 Å². The van der Waals surface area contributed by atoms with Crippen molar-refractivity contribution in [2.75, 3.05) is 13.7 Å². The second-order valence-corrected chi connectivity index (χ2v) is 6.40. The van der Waals surface area contributed by atoms with Crippen LogP contribution in [0.15, 0.2) is 66.9 Å². The molecule has 2 aromatic carbocycles. The number of pyridine rings is 1. The Morgan fingerprint density at radius 3 is 2.75 bits per heavy atom. The smallest absolute Gasteiger partial charge is 0.163 e. The Hall–Kier alpha value is -3.25. The molecule has 6 nitrogen and oxygen atoms in total. The molecular weight excluding hydrogens is 358 g/mol. The molecule has 4 rings (SSSR count). The molecule has 6 heteroatoms. The van der Waals surface area contributed by atoms with Crippen molar-refractivity contribution in [3.05, 3.63) is 78.1 Å². The number of ether oxygens (including phenoxy) is 4. The molecule has 0 spiro atoms. The van der Waals surface area contributed by atoms with E-state index in [0.717, 1.165) is 5.69 Å². The van der Waals surface area contributed by atoms with Crippen molar-refractivity contribution in [2.45, 2.75) is 18.8 Å². The van der Waals surface area contributed by atoms with E-state index in [1.54, 1.807) is 31.5 Å². The van der Waals surface area contributed by atoms with E-state index in [2.05, 4.69) is 4.98 Å². The normalized spacial score (nSPS) is 17.9. The van der Waals surface area contributed by atoms with Crippen LogP contribution in [0.3, 0.4) is 0 Å². The first-order chi connectivity index (χ1) is 13.7. The first kappa shape index (κ1) is 18.1. The van der Waals surface area contributed by atoms with Gasteiger partial charge in [-0.25, -0.2) is 0 Å². The second kappa shape index (κ2) is 8.19. The van der Waals surface area contributed by atoms with Gasteiger partial charge in [0.2, 0.25) is 0 Å². The van der Waals surface area contributed by atoms with Gasteiger partial charge in [-0.2, -0.15) is 0 Å². The predicted octanol–water partition coefficient (Wildman–Crippen LogP) is 3.54. The van der Waals surface area contributed by atoms with Crippen LogP contribution in [0.25, 0.3) is 0 Å². The molecular formula is C22H21NO5. The Kier molecular flexibility index (Phi) is 5.30. The Labute approximate surface area is 163 Å². The van der Waals surface area contributed by atoms with E-state index in [-0.39, 0.29) is 6.61 Å². The Bertz CT molecular complexity index is 931. The van der Waals surface area contributed by atoms with Crippen LogP contribution in [-0.4, -0.2) is 29.9 Å². The molecule has 0 radical (unpaired) electrons. The summed E-state index contributed by atoms with van der Waals surface area (Å²) in [5.41, 5.74) is 1.47. The molecule has 3 aromatic rings. The molecule has 1 aliphatic heterocycles. The van der Waals surface area contributed by atoms with Gasteiger partial charge in [-0.1, -0.05) is 12.1 Å². The lowest BCUT2D eigenvalue weighted by Crippen LogP contribution is -2.35. The van der Waals surface area contributed by atoms with Crippen LogP contribution in [0.1, 0.15) is 17.4 Å². The molecule has 0 bridgehead atoms. The zero-order valence-corrected chi connectivity index (χ0v) is 15.4. The minimum absolute atomic E-state index is 0.250. The Balaban J connectivity index is 1.47. The Morgan fingerprint density at radius 1 is 1.04 bits per heavy atom. The third kappa shape index (κ3) is 4.02. The molecule has 0 saturated heterocycles. The maximum absolute atomic E-state index is 10.8. The molecule has 144 valence electrons. The number of aliphatic hydroxyl groups is 1. The number of methoxy groups -OCH3 is 1. The van der Waals surface area contributed by atoms with Crippen LogP contribution in [-0.2, 0) is 6.61 Å². The van der Waals surface area contributed by atoms with E-state index < -0.39 is 12.2 Å². The zero-order chi connectivity index (χ0) is 19.3. The standard InChI is InChI=1S/C22H21NO5/c1-25-16-6-4-7-18(11-16)28-21-14-27-20-9-8-17(12-19(20)22(21)24)26-13-15-5-2-3-10-23-15/h2-12,21-22,24H,13-14H2,1H3. The molecule has 1 N–H and O–H groups in total. The summed E-state index contributed by atoms with van der Waals surface area (Å²) < 4.78 is 22.7. The van der Waals surface area contributed by atoms with E-state index in [1.807, 2.05) is 42.5 Å². The number of benzene rings is 2.